The number of amides is 2. The summed E-state index contributed by atoms with van der Waals surface area (Å²) >= 11 is 1.53. The molecule has 9 heteroatoms. The van der Waals surface area contributed by atoms with E-state index in [-0.39, 0.29) is 29.5 Å². The van der Waals surface area contributed by atoms with Crippen molar-refractivity contribution in [3.05, 3.63) is 58.3 Å². The normalized spacial score (nSPS) is 19.2. The van der Waals surface area contributed by atoms with E-state index in [0.717, 1.165) is 11.3 Å². The number of nitrogens with zero attached hydrogens (tertiary/aromatic N) is 3. The quantitative estimate of drug-likeness (QED) is 0.691. The van der Waals surface area contributed by atoms with Crippen LogP contribution >= 0.6 is 11.3 Å². The van der Waals surface area contributed by atoms with Crippen molar-refractivity contribution in [1.29, 1.82) is 0 Å². The maximum atomic E-state index is 13.1. The summed E-state index contributed by atoms with van der Waals surface area (Å²) < 4.78 is 18.3. The average Bonchev–Trinajstić information content (AvgIpc) is 3.42. The van der Waals surface area contributed by atoms with Gasteiger partial charge in [0.15, 0.2) is 0 Å². The third-order valence-electron chi connectivity index (χ3n) is 4.79. The van der Waals surface area contributed by atoms with E-state index in [4.69, 9.17) is 4.52 Å². The van der Waals surface area contributed by atoms with Gasteiger partial charge in [0.1, 0.15) is 11.9 Å². The second-order valence-corrected chi connectivity index (χ2v) is 7.75. The van der Waals surface area contributed by atoms with E-state index >= 15 is 0 Å². The number of benzene rings is 1. The lowest BCUT2D eigenvalue weighted by molar-refractivity contribution is -0.129. The summed E-state index contributed by atoms with van der Waals surface area (Å²) in [7, 11) is 0. The van der Waals surface area contributed by atoms with Crippen LogP contribution in [0.15, 0.2) is 46.3 Å². The molecule has 2 aromatic heterocycles. The molecule has 3 heterocycles. The lowest BCUT2D eigenvalue weighted by atomic mass is 10.0. The summed E-state index contributed by atoms with van der Waals surface area (Å²) in [6.07, 6.45) is 1.29. The fourth-order valence-corrected chi connectivity index (χ4v) is 4.13. The third-order valence-corrected chi connectivity index (χ3v) is 5.78. The Bertz CT molecular complexity index is 1000. The molecular weight excluding hydrogens is 395 g/mol. The number of halogens is 1. The first-order valence-corrected chi connectivity index (χ1v) is 10.2. The van der Waals surface area contributed by atoms with Gasteiger partial charge in [-0.05, 0) is 42.1 Å². The Morgan fingerprint density at radius 2 is 2.14 bits per heavy atom. The fourth-order valence-electron chi connectivity index (χ4n) is 3.36. The zero-order valence-electron chi connectivity index (χ0n) is 15.7. The van der Waals surface area contributed by atoms with E-state index < -0.39 is 11.9 Å². The molecule has 3 aromatic rings. The van der Waals surface area contributed by atoms with Crippen LogP contribution in [0.2, 0.25) is 0 Å². The van der Waals surface area contributed by atoms with Crippen molar-refractivity contribution in [2.45, 2.75) is 31.8 Å². The predicted molar refractivity (Wildman–Crippen MR) is 105 cm³/mol. The number of nitrogens with one attached hydrogen (secondary N) is 1. The summed E-state index contributed by atoms with van der Waals surface area (Å²) in [5, 5.41) is 8.73. The minimum atomic E-state index is -0.587. The van der Waals surface area contributed by atoms with E-state index in [1.165, 1.54) is 40.5 Å². The lowest BCUT2D eigenvalue weighted by Gasteiger charge is -2.38. The second-order valence-electron chi connectivity index (χ2n) is 6.77. The number of hydrogen-bond acceptors (Lipinski definition) is 6. The first-order valence-electron chi connectivity index (χ1n) is 9.31. The number of rotatable bonds is 5. The average molecular weight is 414 g/mol. The van der Waals surface area contributed by atoms with Gasteiger partial charge in [0.2, 0.25) is 5.91 Å². The van der Waals surface area contributed by atoms with Gasteiger partial charge in [-0.1, -0.05) is 24.6 Å². The Morgan fingerprint density at radius 1 is 1.34 bits per heavy atom. The molecule has 2 amide bonds. The first kappa shape index (κ1) is 19.3. The molecule has 2 atom stereocenters. The molecule has 7 nitrogen and oxygen atoms in total. The van der Waals surface area contributed by atoms with Gasteiger partial charge < -0.3 is 14.7 Å². The molecule has 1 N–H and O–H groups in total. The van der Waals surface area contributed by atoms with Crippen LogP contribution in [0.25, 0.3) is 11.5 Å². The van der Waals surface area contributed by atoms with Crippen LogP contribution < -0.4 is 5.32 Å². The van der Waals surface area contributed by atoms with Crippen molar-refractivity contribution in [2.24, 2.45) is 0 Å². The topological polar surface area (TPSA) is 88.3 Å². The predicted octanol–water partition coefficient (Wildman–Crippen LogP) is 3.42. The first-order chi connectivity index (χ1) is 14.1. The van der Waals surface area contributed by atoms with Crippen LogP contribution in [0.1, 0.15) is 41.3 Å². The van der Waals surface area contributed by atoms with Gasteiger partial charge in [-0.3, -0.25) is 9.59 Å². The summed E-state index contributed by atoms with van der Waals surface area (Å²) in [6.45, 7) is 2.29. The van der Waals surface area contributed by atoms with Gasteiger partial charge in [-0.25, -0.2) is 4.39 Å². The van der Waals surface area contributed by atoms with Crippen molar-refractivity contribution in [1.82, 2.24) is 20.4 Å². The largest absolute Gasteiger partial charge is 0.345 e. The molecule has 0 bridgehead atoms. The van der Waals surface area contributed by atoms with Crippen LogP contribution in [-0.4, -0.2) is 39.4 Å². The maximum absolute atomic E-state index is 13.1. The highest BCUT2D eigenvalue weighted by Crippen LogP contribution is 2.27. The number of piperazine rings is 1. The van der Waals surface area contributed by atoms with Crippen LogP contribution in [-0.2, 0) is 4.79 Å². The summed E-state index contributed by atoms with van der Waals surface area (Å²) in [5.74, 6) is -1.03. The van der Waals surface area contributed by atoms with Crippen LogP contribution in [0.4, 0.5) is 4.39 Å². The molecule has 0 saturated carbocycles. The van der Waals surface area contributed by atoms with E-state index in [1.54, 1.807) is 0 Å². The molecule has 150 valence electrons. The van der Waals surface area contributed by atoms with Gasteiger partial charge in [0.05, 0.1) is 6.04 Å². The lowest BCUT2D eigenvalue weighted by Crippen LogP contribution is -2.58. The van der Waals surface area contributed by atoms with E-state index in [2.05, 4.69) is 15.5 Å². The molecule has 0 spiro atoms. The molecule has 1 aliphatic rings. The van der Waals surface area contributed by atoms with Crippen LogP contribution in [0.5, 0.6) is 0 Å². The molecule has 29 heavy (non-hydrogen) atoms. The molecule has 4 rings (SSSR count). The third kappa shape index (κ3) is 3.91. The van der Waals surface area contributed by atoms with Crippen molar-refractivity contribution in [3.8, 4) is 11.5 Å². The van der Waals surface area contributed by atoms with Gasteiger partial charge in [0.25, 0.3) is 17.6 Å². The molecule has 1 fully saturated rings. The minimum absolute atomic E-state index is 0.120. The van der Waals surface area contributed by atoms with Crippen molar-refractivity contribution in [3.63, 3.8) is 0 Å². The van der Waals surface area contributed by atoms with E-state index in [1.807, 2.05) is 24.4 Å². The standard InChI is InChI=1S/C20H19FN4O3S/c1-2-4-15-18(26)22-14(16-5-3-10-29-16)11-25(15)20(27)17-23-19(28-24-17)12-6-8-13(21)9-7-12/h3,5-10,14-15H,2,4,11H2,1H3,(H,22,26). The number of thiophene rings is 1. The molecular formula is C20H19FN4O3S. The van der Waals surface area contributed by atoms with Gasteiger partial charge >= 0.3 is 0 Å². The molecule has 1 saturated heterocycles. The Balaban J connectivity index is 1.60. The molecule has 2 unspecified atom stereocenters. The highest BCUT2D eigenvalue weighted by Gasteiger charge is 2.39. The number of hydrogen-bond donors (Lipinski definition) is 1. The number of aromatic nitrogens is 2. The summed E-state index contributed by atoms with van der Waals surface area (Å²) in [4.78, 5) is 32.5. The van der Waals surface area contributed by atoms with Crippen molar-refractivity contribution < 1.29 is 18.5 Å². The highest BCUT2D eigenvalue weighted by molar-refractivity contribution is 7.10. The number of carbonyl (C=O) groups is 2. The zero-order valence-corrected chi connectivity index (χ0v) is 16.5. The summed E-state index contributed by atoms with van der Waals surface area (Å²) in [6, 6.07) is 8.53. The summed E-state index contributed by atoms with van der Waals surface area (Å²) in [5.41, 5.74) is 0.510. The van der Waals surface area contributed by atoms with Gasteiger partial charge in [-0.15, -0.1) is 11.3 Å². The fraction of sp³-hybridized carbons (Fsp3) is 0.300. The SMILES string of the molecule is CCCC1C(=O)NC(c2cccs2)CN1C(=O)c1noc(-c2ccc(F)cc2)n1. The molecule has 0 aliphatic carbocycles. The monoisotopic (exact) mass is 414 g/mol. The molecule has 1 aliphatic heterocycles. The molecule has 1 aromatic carbocycles. The zero-order chi connectivity index (χ0) is 20.4. The van der Waals surface area contributed by atoms with Crippen molar-refractivity contribution >= 4 is 23.2 Å². The van der Waals surface area contributed by atoms with Gasteiger partial charge in [0, 0.05) is 17.0 Å². The maximum Gasteiger partial charge on any atom is 0.296 e. The Kier molecular flexibility index (Phi) is 5.39. The Labute approximate surface area is 170 Å². The second kappa shape index (κ2) is 8.12. The van der Waals surface area contributed by atoms with Gasteiger partial charge in [-0.2, -0.15) is 4.98 Å². The highest BCUT2D eigenvalue weighted by atomic mass is 32.1. The van der Waals surface area contributed by atoms with E-state index in [9.17, 15) is 14.0 Å². The smallest absolute Gasteiger partial charge is 0.296 e. The van der Waals surface area contributed by atoms with Crippen LogP contribution in [0, 0.1) is 5.82 Å². The van der Waals surface area contributed by atoms with E-state index in [0.29, 0.717) is 18.5 Å². The van der Waals surface area contributed by atoms with Crippen molar-refractivity contribution in [2.75, 3.05) is 6.54 Å². The molecule has 0 radical (unpaired) electrons. The Morgan fingerprint density at radius 3 is 2.83 bits per heavy atom. The minimum Gasteiger partial charge on any atom is -0.345 e. The van der Waals surface area contributed by atoms with Crippen LogP contribution in [0.3, 0.4) is 0 Å². The number of carbonyl (C=O) groups excluding carboxylic acids is 2. The Hall–Kier alpha value is -3.07.